The van der Waals surface area contributed by atoms with Gasteiger partial charge in [0.25, 0.3) is 5.91 Å². The summed E-state index contributed by atoms with van der Waals surface area (Å²) in [6.45, 7) is 3.86. The molecule has 26 heavy (non-hydrogen) atoms. The molecule has 2 fully saturated rings. The summed E-state index contributed by atoms with van der Waals surface area (Å²) in [4.78, 5) is 28.7. The number of carbonyl (C=O) groups excluding carboxylic acids is 2. The van der Waals surface area contributed by atoms with Crippen molar-refractivity contribution in [1.82, 2.24) is 9.80 Å². The molecular weight excluding hydrogens is 355 g/mol. The standard InChI is InChI=1S/C20H26ClFN2O2/c1-14(12-15-4-2-3-5-15)19(25)23-8-10-24(11-9-23)20(26)17-13-16(21)6-7-18(17)22/h6-7,13-15H,2-5,8-12H2,1H3. The molecule has 2 aliphatic rings. The van der Waals surface area contributed by atoms with Gasteiger partial charge in [0, 0.05) is 37.1 Å². The van der Waals surface area contributed by atoms with Crippen molar-refractivity contribution in [1.29, 1.82) is 0 Å². The van der Waals surface area contributed by atoms with Crippen LogP contribution in [0.4, 0.5) is 4.39 Å². The number of carbonyl (C=O) groups is 2. The first-order valence-electron chi connectivity index (χ1n) is 9.49. The van der Waals surface area contributed by atoms with Gasteiger partial charge >= 0.3 is 0 Å². The van der Waals surface area contributed by atoms with E-state index in [9.17, 15) is 14.0 Å². The number of benzene rings is 1. The molecule has 0 spiro atoms. The van der Waals surface area contributed by atoms with Crippen molar-refractivity contribution < 1.29 is 14.0 Å². The molecule has 1 aromatic rings. The summed E-state index contributed by atoms with van der Waals surface area (Å²) in [5, 5.41) is 0.337. The van der Waals surface area contributed by atoms with E-state index < -0.39 is 5.82 Å². The van der Waals surface area contributed by atoms with E-state index in [1.807, 2.05) is 11.8 Å². The van der Waals surface area contributed by atoms with Gasteiger partial charge < -0.3 is 9.80 Å². The van der Waals surface area contributed by atoms with Crippen LogP contribution in [0.1, 0.15) is 49.4 Å². The lowest BCUT2D eigenvalue weighted by molar-refractivity contribution is -0.137. The molecule has 1 unspecified atom stereocenters. The predicted octanol–water partition coefficient (Wildman–Crippen LogP) is 3.98. The van der Waals surface area contributed by atoms with E-state index in [4.69, 9.17) is 11.6 Å². The van der Waals surface area contributed by atoms with Crippen molar-refractivity contribution in [2.75, 3.05) is 26.2 Å². The SMILES string of the molecule is CC(CC1CCCC1)C(=O)N1CCN(C(=O)c2cc(Cl)ccc2F)CC1. The molecule has 6 heteroatoms. The Kier molecular flexibility index (Phi) is 6.17. The third kappa shape index (κ3) is 4.37. The molecular formula is C20H26ClFN2O2. The monoisotopic (exact) mass is 380 g/mol. The summed E-state index contributed by atoms with van der Waals surface area (Å²) in [5.74, 6) is -0.0366. The van der Waals surface area contributed by atoms with Crippen LogP contribution in [0, 0.1) is 17.7 Å². The van der Waals surface area contributed by atoms with Crippen LogP contribution in [0.3, 0.4) is 0 Å². The molecule has 142 valence electrons. The zero-order valence-electron chi connectivity index (χ0n) is 15.2. The summed E-state index contributed by atoms with van der Waals surface area (Å²) in [6, 6.07) is 4.00. The molecule has 1 aliphatic carbocycles. The summed E-state index contributed by atoms with van der Waals surface area (Å²) < 4.78 is 13.9. The van der Waals surface area contributed by atoms with Gasteiger partial charge in [-0.2, -0.15) is 0 Å². The first kappa shape index (κ1) is 19.2. The van der Waals surface area contributed by atoms with Crippen LogP contribution in [0.25, 0.3) is 0 Å². The van der Waals surface area contributed by atoms with Gasteiger partial charge in [0.05, 0.1) is 5.56 Å². The first-order valence-corrected chi connectivity index (χ1v) is 9.86. The molecule has 1 aromatic carbocycles. The Morgan fingerprint density at radius 1 is 1.15 bits per heavy atom. The highest BCUT2D eigenvalue weighted by Gasteiger charge is 2.30. The van der Waals surface area contributed by atoms with Gasteiger partial charge in [-0.3, -0.25) is 9.59 Å². The summed E-state index contributed by atoms with van der Waals surface area (Å²) in [5.41, 5.74) is -0.00752. The third-order valence-electron chi connectivity index (χ3n) is 5.62. The fourth-order valence-corrected chi connectivity index (χ4v) is 4.29. The van der Waals surface area contributed by atoms with E-state index in [-0.39, 0.29) is 23.3 Å². The van der Waals surface area contributed by atoms with Crippen LogP contribution in [0.15, 0.2) is 18.2 Å². The zero-order valence-corrected chi connectivity index (χ0v) is 16.0. The third-order valence-corrected chi connectivity index (χ3v) is 5.86. The first-order chi connectivity index (χ1) is 12.5. The van der Waals surface area contributed by atoms with Gasteiger partial charge in [-0.15, -0.1) is 0 Å². The van der Waals surface area contributed by atoms with Gasteiger partial charge in [0.1, 0.15) is 5.82 Å². The molecule has 2 amide bonds. The predicted molar refractivity (Wildman–Crippen MR) is 99.6 cm³/mol. The molecule has 0 aromatic heterocycles. The fraction of sp³-hybridized carbons (Fsp3) is 0.600. The van der Waals surface area contributed by atoms with Gasteiger partial charge in [-0.25, -0.2) is 4.39 Å². The second kappa shape index (κ2) is 8.38. The van der Waals surface area contributed by atoms with Crippen LogP contribution in [0.2, 0.25) is 5.02 Å². The van der Waals surface area contributed by atoms with Crippen LogP contribution in [0.5, 0.6) is 0 Å². The lowest BCUT2D eigenvalue weighted by Gasteiger charge is -2.36. The average Bonchev–Trinajstić information content (AvgIpc) is 3.15. The molecule has 1 saturated carbocycles. The topological polar surface area (TPSA) is 40.6 Å². The fourth-order valence-electron chi connectivity index (χ4n) is 4.12. The average molecular weight is 381 g/mol. The lowest BCUT2D eigenvalue weighted by atomic mass is 9.93. The Balaban J connectivity index is 1.54. The maximum absolute atomic E-state index is 13.9. The smallest absolute Gasteiger partial charge is 0.257 e. The Morgan fingerprint density at radius 3 is 2.42 bits per heavy atom. The van der Waals surface area contributed by atoms with Crippen molar-refractivity contribution in [3.63, 3.8) is 0 Å². The van der Waals surface area contributed by atoms with E-state index in [0.717, 1.165) is 6.42 Å². The number of piperazine rings is 1. The Labute approximate surface area is 159 Å². The molecule has 1 atom stereocenters. The molecule has 0 bridgehead atoms. The summed E-state index contributed by atoms with van der Waals surface area (Å²) in [7, 11) is 0. The van der Waals surface area contributed by atoms with Crippen molar-refractivity contribution in [3.8, 4) is 0 Å². The van der Waals surface area contributed by atoms with Crippen molar-refractivity contribution in [2.45, 2.75) is 39.0 Å². The van der Waals surface area contributed by atoms with E-state index in [1.54, 1.807) is 4.90 Å². The van der Waals surface area contributed by atoms with E-state index in [2.05, 4.69) is 0 Å². The highest BCUT2D eigenvalue weighted by molar-refractivity contribution is 6.31. The van der Waals surface area contributed by atoms with Gasteiger partial charge in [0.2, 0.25) is 5.91 Å². The number of hydrogen-bond acceptors (Lipinski definition) is 2. The van der Waals surface area contributed by atoms with Crippen LogP contribution >= 0.6 is 11.6 Å². The van der Waals surface area contributed by atoms with Gasteiger partial charge in [-0.05, 0) is 30.5 Å². The quantitative estimate of drug-likeness (QED) is 0.792. The molecule has 1 aliphatic heterocycles. The molecule has 4 nitrogen and oxygen atoms in total. The minimum absolute atomic E-state index is 0.00752. The lowest BCUT2D eigenvalue weighted by Crippen LogP contribution is -2.52. The van der Waals surface area contributed by atoms with Gasteiger partial charge in [0.15, 0.2) is 0 Å². The highest BCUT2D eigenvalue weighted by Crippen LogP contribution is 2.31. The second-order valence-electron chi connectivity index (χ2n) is 7.53. The normalized spacial score (nSPS) is 19.7. The minimum Gasteiger partial charge on any atom is -0.339 e. The zero-order chi connectivity index (χ0) is 18.7. The Bertz CT molecular complexity index is 668. The van der Waals surface area contributed by atoms with E-state index >= 15 is 0 Å². The molecule has 0 radical (unpaired) electrons. The molecule has 0 N–H and O–H groups in total. The number of halogens is 2. The number of amides is 2. The molecule has 1 saturated heterocycles. The van der Waals surface area contributed by atoms with Crippen molar-refractivity contribution in [2.24, 2.45) is 11.8 Å². The van der Waals surface area contributed by atoms with E-state index in [0.29, 0.717) is 37.1 Å². The maximum atomic E-state index is 13.9. The Morgan fingerprint density at radius 2 is 1.77 bits per heavy atom. The van der Waals surface area contributed by atoms with E-state index in [1.165, 1.54) is 43.9 Å². The largest absolute Gasteiger partial charge is 0.339 e. The number of nitrogens with zero attached hydrogens (tertiary/aromatic N) is 2. The maximum Gasteiger partial charge on any atom is 0.257 e. The molecule has 3 rings (SSSR count). The van der Waals surface area contributed by atoms with Crippen molar-refractivity contribution in [3.05, 3.63) is 34.6 Å². The number of rotatable bonds is 4. The second-order valence-corrected chi connectivity index (χ2v) is 7.97. The Hall–Kier alpha value is -1.62. The van der Waals surface area contributed by atoms with Crippen LogP contribution in [-0.4, -0.2) is 47.8 Å². The van der Waals surface area contributed by atoms with Crippen LogP contribution in [-0.2, 0) is 4.79 Å². The van der Waals surface area contributed by atoms with Crippen molar-refractivity contribution >= 4 is 23.4 Å². The van der Waals surface area contributed by atoms with Crippen LogP contribution < -0.4 is 0 Å². The molecule has 1 heterocycles. The summed E-state index contributed by atoms with van der Waals surface area (Å²) in [6.07, 6.45) is 6.01. The number of hydrogen-bond donors (Lipinski definition) is 0. The minimum atomic E-state index is -0.567. The summed E-state index contributed by atoms with van der Waals surface area (Å²) >= 11 is 5.88. The highest BCUT2D eigenvalue weighted by atomic mass is 35.5. The van der Waals surface area contributed by atoms with Gasteiger partial charge in [-0.1, -0.05) is 44.2 Å².